The maximum absolute atomic E-state index is 13.7. The molecular weight excluding hydrogens is 269 g/mol. The highest BCUT2D eigenvalue weighted by atomic mass is 19.1. The first-order chi connectivity index (χ1) is 10.2. The van der Waals surface area contributed by atoms with Crippen molar-refractivity contribution in [3.8, 4) is 0 Å². The van der Waals surface area contributed by atoms with E-state index in [2.05, 4.69) is 10.1 Å². The maximum atomic E-state index is 13.7. The molecule has 1 aromatic carbocycles. The minimum Gasteiger partial charge on any atom is -0.339 e. The highest BCUT2D eigenvalue weighted by Crippen LogP contribution is 2.32. The van der Waals surface area contributed by atoms with Gasteiger partial charge in [0.25, 0.3) is 0 Å². The van der Waals surface area contributed by atoms with Gasteiger partial charge < -0.3 is 10.3 Å². The van der Waals surface area contributed by atoms with Gasteiger partial charge in [-0.1, -0.05) is 49.0 Å². The van der Waals surface area contributed by atoms with Crippen LogP contribution in [0.1, 0.15) is 55.8 Å². The highest BCUT2D eigenvalue weighted by molar-refractivity contribution is 5.20. The van der Waals surface area contributed by atoms with Gasteiger partial charge in [-0.25, -0.2) is 4.39 Å². The van der Waals surface area contributed by atoms with Gasteiger partial charge in [0.2, 0.25) is 5.89 Å². The standard InChI is InChI=1S/C16H20FN3O/c17-13-8-4-3-7-12(13)11-14-19-15(20-21-14)16(18)9-5-1-2-6-10-16/h3-4,7-8H,1-2,5-6,9-11,18H2. The lowest BCUT2D eigenvalue weighted by Crippen LogP contribution is -2.37. The molecule has 0 amide bonds. The summed E-state index contributed by atoms with van der Waals surface area (Å²) in [6.07, 6.45) is 6.66. The molecule has 3 rings (SSSR count). The first kappa shape index (κ1) is 14.2. The third kappa shape index (κ3) is 3.13. The van der Waals surface area contributed by atoms with E-state index in [1.807, 2.05) is 0 Å². The summed E-state index contributed by atoms with van der Waals surface area (Å²) in [4.78, 5) is 4.41. The zero-order valence-electron chi connectivity index (χ0n) is 12.0. The normalized spacial score (nSPS) is 18.4. The molecular formula is C16H20FN3O. The molecule has 0 spiro atoms. The zero-order chi connectivity index (χ0) is 14.7. The molecule has 0 radical (unpaired) electrons. The first-order valence-corrected chi connectivity index (χ1v) is 7.53. The van der Waals surface area contributed by atoms with E-state index in [0.29, 0.717) is 23.7 Å². The van der Waals surface area contributed by atoms with Crippen LogP contribution in [-0.4, -0.2) is 10.1 Å². The van der Waals surface area contributed by atoms with Crippen LogP contribution in [-0.2, 0) is 12.0 Å². The van der Waals surface area contributed by atoms with Crippen molar-refractivity contribution in [3.05, 3.63) is 47.4 Å². The molecule has 1 aliphatic carbocycles. The Labute approximate surface area is 123 Å². The van der Waals surface area contributed by atoms with Gasteiger partial charge >= 0.3 is 0 Å². The lowest BCUT2D eigenvalue weighted by Gasteiger charge is -2.23. The van der Waals surface area contributed by atoms with Gasteiger partial charge in [-0.3, -0.25) is 0 Å². The number of nitrogens with two attached hydrogens (primary N) is 1. The third-order valence-corrected chi connectivity index (χ3v) is 4.21. The van der Waals surface area contributed by atoms with Gasteiger partial charge in [0.1, 0.15) is 5.82 Å². The van der Waals surface area contributed by atoms with Crippen LogP contribution in [0.15, 0.2) is 28.8 Å². The molecule has 1 aromatic heterocycles. The van der Waals surface area contributed by atoms with Crippen molar-refractivity contribution >= 4 is 0 Å². The fourth-order valence-electron chi connectivity index (χ4n) is 2.92. The second-order valence-electron chi connectivity index (χ2n) is 5.85. The van der Waals surface area contributed by atoms with E-state index in [-0.39, 0.29) is 5.82 Å². The molecule has 5 heteroatoms. The smallest absolute Gasteiger partial charge is 0.231 e. The summed E-state index contributed by atoms with van der Waals surface area (Å²) in [6, 6.07) is 6.62. The maximum Gasteiger partial charge on any atom is 0.231 e. The Balaban J connectivity index is 1.78. The molecule has 2 N–H and O–H groups in total. The number of hydrogen-bond donors (Lipinski definition) is 1. The molecule has 0 aliphatic heterocycles. The third-order valence-electron chi connectivity index (χ3n) is 4.21. The lowest BCUT2D eigenvalue weighted by molar-refractivity contribution is 0.326. The average Bonchev–Trinajstić information content (AvgIpc) is 2.84. The molecule has 0 saturated heterocycles. The van der Waals surface area contributed by atoms with Crippen LogP contribution in [0.5, 0.6) is 0 Å². The van der Waals surface area contributed by atoms with Gasteiger partial charge in [-0.15, -0.1) is 0 Å². The molecule has 1 saturated carbocycles. The van der Waals surface area contributed by atoms with Crippen LogP contribution in [0.3, 0.4) is 0 Å². The fourth-order valence-corrected chi connectivity index (χ4v) is 2.92. The quantitative estimate of drug-likeness (QED) is 0.880. The van der Waals surface area contributed by atoms with Crippen molar-refractivity contribution in [1.29, 1.82) is 0 Å². The van der Waals surface area contributed by atoms with Gasteiger partial charge in [0.05, 0.1) is 12.0 Å². The zero-order valence-corrected chi connectivity index (χ0v) is 12.0. The first-order valence-electron chi connectivity index (χ1n) is 7.53. The predicted molar refractivity (Wildman–Crippen MR) is 77.1 cm³/mol. The summed E-state index contributed by atoms with van der Waals surface area (Å²) in [7, 11) is 0. The molecule has 1 fully saturated rings. The van der Waals surface area contributed by atoms with E-state index in [4.69, 9.17) is 10.3 Å². The van der Waals surface area contributed by atoms with E-state index >= 15 is 0 Å². The number of benzene rings is 1. The molecule has 1 heterocycles. The molecule has 4 nitrogen and oxygen atoms in total. The van der Waals surface area contributed by atoms with Crippen LogP contribution in [0.4, 0.5) is 4.39 Å². The van der Waals surface area contributed by atoms with E-state index in [1.165, 1.54) is 18.9 Å². The Morgan fingerprint density at radius 1 is 1.14 bits per heavy atom. The minimum atomic E-state index is -0.493. The van der Waals surface area contributed by atoms with E-state index < -0.39 is 5.54 Å². The Morgan fingerprint density at radius 2 is 1.86 bits per heavy atom. The van der Waals surface area contributed by atoms with Crippen molar-refractivity contribution in [3.63, 3.8) is 0 Å². The Morgan fingerprint density at radius 3 is 2.57 bits per heavy atom. The summed E-state index contributed by atoms with van der Waals surface area (Å²) in [5, 5.41) is 4.05. The average molecular weight is 289 g/mol. The van der Waals surface area contributed by atoms with Crippen molar-refractivity contribution in [1.82, 2.24) is 10.1 Å². The van der Waals surface area contributed by atoms with Crippen LogP contribution < -0.4 is 5.73 Å². The van der Waals surface area contributed by atoms with E-state index in [1.54, 1.807) is 18.2 Å². The van der Waals surface area contributed by atoms with Gasteiger partial charge in [0.15, 0.2) is 5.82 Å². The molecule has 112 valence electrons. The Bertz CT molecular complexity index is 603. The van der Waals surface area contributed by atoms with Crippen LogP contribution in [0.25, 0.3) is 0 Å². The minimum absolute atomic E-state index is 0.255. The second-order valence-corrected chi connectivity index (χ2v) is 5.85. The van der Waals surface area contributed by atoms with Crippen LogP contribution >= 0.6 is 0 Å². The van der Waals surface area contributed by atoms with Gasteiger partial charge in [-0.2, -0.15) is 4.98 Å². The predicted octanol–water partition coefficient (Wildman–Crippen LogP) is 3.31. The Kier molecular flexibility index (Phi) is 4.01. The molecule has 21 heavy (non-hydrogen) atoms. The van der Waals surface area contributed by atoms with Crippen molar-refractivity contribution in [2.75, 3.05) is 0 Å². The molecule has 1 aliphatic rings. The van der Waals surface area contributed by atoms with Crippen LogP contribution in [0.2, 0.25) is 0 Å². The summed E-state index contributed by atoms with van der Waals surface area (Å²) in [6.45, 7) is 0. The van der Waals surface area contributed by atoms with E-state index in [9.17, 15) is 4.39 Å². The number of halogens is 1. The number of rotatable bonds is 3. The number of nitrogens with zero attached hydrogens (tertiary/aromatic N) is 2. The molecule has 2 aromatic rings. The van der Waals surface area contributed by atoms with E-state index in [0.717, 1.165) is 25.7 Å². The van der Waals surface area contributed by atoms with Crippen LogP contribution in [0, 0.1) is 5.82 Å². The number of aromatic nitrogens is 2. The molecule has 0 bridgehead atoms. The highest BCUT2D eigenvalue weighted by Gasteiger charge is 2.33. The fraction of sp³-hybridized carbons (Fsp3) is 0.500. The number of hydrogen-bond acceptors (Lipinski definition) is 4. The summed E-state index contributed by atoms with van der Waals surface area (Å²) in [5.74, 6) is 0.731. The SMILES string of the molecule is NC1(c2noc(Cc3ccccc3F)n2)CCCCCC1. The van der Waals surface area contributed by atoms with Crippen molar-refractivity contribution in [2.24, 2.45) is 5.73 Å². The summed E-state index contributed by atoms with van der Waals surface area (Å²) >= 11 is 0. The van der Waals surface area contributed by atoms with Crippen molar-refractivity contribution < 1.29 is 8.91 Å². The van der Waals surface area contributed by atoms with Crippen molar-refractivity contribution in [2.45, 2.75) is 50.5 Å². The Hall–Kier alpha value is -1.75. The molecule has 0 unspecified atom stereocenters. The largest absolute Gasteiger partial charge is 0.339 e. The topological polar surface area (TPSA) is 64.9 Å². The van der Waals surface area contributed by atoms with Gasteiger partial charge in [-0.05, 0) is 24.5 Å². The van der Waals surface area contributed by atoms with Gasteiger partial charge in [0, 0.05) is 0 Å². The second kappa shape index (κ2) is 5.93. The lowest BCUT2D eigenvalue weighted by atomic mass is 9.91. The summed E-state index contributed by atoms with van der Waals surface area (Å²) in [5.41, 5.74) is 6.52. The summed E-state index contributed by atoms with van der Waals surface area (Å²) < 4.78 is 18.9. The monoisotopic (exact) mass is 289 g/mol. The molecule has 0 atom stereocenters.